The highest BCUT2D eigenvalue weighted by Gasteiger charge is 2.27. The fraction of sp³-hybridized carbons (Fsp3) is 0.682. The Morgan fingerprint density at radius 2 is 2.04 bits per heavy atom. The Kier molecular flexibility index (Phi) is 7.68. The molecule has 6 heteroatoms. The molecular formula is C22H34FN3O2. The van der Waals surface area contributed by atoms with E-state index in [4.69, 9.17) is 4.74 Å². The monoisotopic (exact) mass is 391 g/mol. The second kappa shape index (κ2) is 10.2. The van der Waals surface area contributed by atoms with Gasteiger partial charge in [0.05, 0.1) is 11.8 Å². The molecule has 0 aromatic heterocycles. The van der Waals surface area contributed by atoms with Crippen LogP contribution in [0.5, 0.6) is 0 Å². The van der Waals surface area contributed by atoms with Crippen LogP contribution in [0.2, 0.25) is 0 Å². The molecule has 1 unspecified atom stereocenters. The first-order chi connectivity index (χ1) is 13.6. The molecule has 5 nitrogen and oxygen atoms in total. The van der Waals surface area contributed by atoms with Gasteiger partial charge in [-0.15, -0.1) is 0 Å². The predicted molar refractivity (Wildman–Crippen MR) is 111 cm³/mol. The predicted octanol–water partition coefficient (Wildman–Crippen LogP) is 3.94. The highest BCUT2D eigenvalue weighted by atomic mass is 19.1. The van der Waals surface area contributed by atoms with Crippen molar-refractivity contribution in [3.63, 3.8) is 0 Å². The van der Waals surface area contributed by atoms with Crippen molar-refractivity contribution in [1.82, 2.24) is 5.32 Å². The van der Waals surface area contributed by atoms with E-state index in [-0.39, 0.29) is 29.4 Å². The smallest absolute Gasteiger partial charge is 0.227 e. The molecular weight excluding hydrogens is 357 g/mol. The zero-order valence-corrected chi connectivity index (χ0v) is 17.2. The summed E-state index contributed by atoms with van der Waals surface area (Å²) in [7, 11) is 1.96. The van der Waals surface area contributed by atoms with Crippen molar-refractivity contribution in [2.75, 3.05) is 37.0 Å². The molecule has 1 aromatic carbocycles. The van der Waals surface area contributed by atoms with Crippen molar-refractivity contribution in [2.24, 2.45) is 5.92 Å². The lowest BCUT2D eigenvalue weighted by Crippen LogP contribution is -2.30. The Balaban J connectivity index is 1.49. The van der Waals surface area contributed by atoms with Gasteiger partial charge in [0.1, 0.15) is 5.82 Å². The number of hydrogen-bond donors (Lipinski definition) is 2. The third kappa shape index (κ3) is 5.45. The fourth-order valence-corrected chi connectivity index (χ4v) is 4.15. The van der Waals surface area contributed by atoms with E-state index >= 15 is 0 Å². The summed E-state index contributed by atoms with van der Waals surface area (Å²) in [6, 6.07) is 5.57. The standard InChI is InChI=1S/C22H34FN3O2/c1-3-4-13-28-19-8-5-16(6-9-19)22(27)25-21-10-7-18(14-20(21)23)26-12-11-17(15-26)24-2/h7,10,14,16-17,19,24H,3-6,8-9,11-13,15H2,1-2H3,(H,25,27). The number of hydrogen-bond acceptors (Lipinski definition) is 4. The van der Waals surface area contributed by atoms with E-state index in [0.717, 1.165) is 70.3 Å². The molecule has 0 spiro atoms. The average molecular weight is 392 g/mol. The number of halogens is 1. The van der Waals surface area contributed by atoms with Crippen LogP contribution in [-0.4, -0.2) is 44.8 Å². The number of anilines is 2. The molecule has 2 fully saturated rings. The minimum absolute atomic E-state index is 0.0555. The lowest BCUT2D eigenvalue weighted by Gasteiger charge is -2.28. The van der Waals surface area contributed by atoms with Gasteiger partial charge in [0.2, 0.25) is 5.91 Å². The molecule has 0 radical (unpaired) electrons. The van der Waals surface area contributed by atoms with E-state index in [1.165, 1.54) is 6.07 Å². The fourth-order valence-electron chi connectivity index (χ4n) is 4.15. The number of likely N-dealkylation sites (N-methyl/N-ethyl adjacent to an activating group) is 1. The summed E-state index contributed by atoms with van der Waals surface area (Å²) in [6.45, 7) is 4.76. The van der Waals surface area contributed by atoms with Crippen LogP contribution in [0.3, 0.4) is 0 Å². The third-order valence-electron chi connectivity index (χ3n) is 6.07. The van der Waals surface area contributed by atoms with Crippen LogP contribution < -0.4 is 15.5 Å². The minimum Gasteiger partial charge on any atom is -0.378 e. The lowest BCUT2D eigenvalue weighted by atomic mass is 9.86. The van der Waals surface area contributed by atoms with Gasteiger partial charge in [-0.1, -0.05) is 13.3 Å². The van der Waals surface area contributed by atoms with Crippen molar-refractivity contribution < 1.29 is 13.9 Å². The first-order valence-corrected chi connectivity index (χ1v) is 10.7. The number of nitrogens with zero attached hydrogens (tertiary/aromatic N) is 1. The van der Waals surface area contributed by atoms with Crippen LogP contribution in [0.4, 0.5) is 15.8 Å². The van der Waals surface area contributed by atoms with E-state index < -0.39 is 0 Å². The van der Waals surface area contributed by atoms with Crippen molar-refractivity contribution >= 4 is 17.3 Å². The number of carbonyl (C=O) groups is 1. The number of rotatable bonds is 8. The number of amides is 1. The summed E-state index contributed by atoms with van der Waals surface area (Å²) >= 11 is 0. The Hall–Kier alpha value is -1.66. The summed E-state index contributed by atoms with van der Waals surface area (Å²) in [6.07, 6.45) is 6.98. The second-order valence-corrected chi connectivity index (χ2v) is 8.07. The number of nitrogens with one attached hydrogen (secondary N) is 2. The lowest BCUT2D eigenvalue weighted by molar-refractivity contribution is -0.121. The summed E-state index contributed by atoms with van der Waals surface area (Å²) < 4.78 is 20.4. The SMILES string of the molecule is CCCCOC1CCC(C(=O)Nc2ccc(N3CCC(NC)C3)cc2F)CC1. The quantitative estimate of drug-likeness (QED) is 0.659. The zero-order chi connectivity index (χ0) is 19.9. The van der Waals surface area contributed by atoms with Gasteiger partial charge in [-0.2, -0.15) is 0 Å². The molecule has 1 heterocycles. The Morgan fingerprint density at radius 3 is 2.68 bits per heavy atom. The van der Waals surface area contributed by atoms with Gasteiger partial charge in [0.15, 0.2) is 0 Å². The topological polar surface area (TPSA) is 53.6 Å². The normalized spacial score (nSPS) is 25.1. The Bertz CT molecular complexity index is 647. The van der Waals surface area contributed by atoms with Crippen molar-refractivity contribution in [3.05, 3.63) is 24.0 Å². The molecule has 1 amide bonds. The van der Waals surface area contributed by atoms with Gasteiger partial charge in [-0.3, -0.25) is 4.79 Å². The van der Waals surface area contributed by atoms with E-state index in [2.05, 4.69) is 22.5 Å². The number of benzene rings is 1. The van der Waals surface area contributed by atoms with E-state index in [1.54, 1.807) is 6.07 Å². The highest BCUT2D eigenvalue weighted by Crippen LogP contribution is 2.29. The van der Waals surface area contributed by atoms with Crippen LogP contribution in [-0.2, 0) is 9.53 Å². The van der Waals surface area contributed by atoms with Crippen molar-refractivity contribution in [2.45, 2.75) is 64.0 Å². The molecule has 2 N–H and O–H groups in total. The Morgan fingerprint density at radius 1 is 1.25 bits per heavy atom. The summed E-state index contributed by atoms with van der Waals surface area (Å²) in [5.74, 6) is -0.495. The van der Waals surface area contributed by atoms with E-state index in [1.807, 2.05) is 13.1 Å². The van der Waals surface area contributed by atoms with Crippen LogP contribution in [0.1, 0.15) is 51.9 Å². The minimum atomic E-state index is -0.365. The van der Waals surface area contributed by atoms with Gasteiger partial charge >= 0.3 is 0 Å². The molecule has 0 bridgehead atoms. The maximum atomic E-state index is 14.6. The first-order valence-electron chi connectivity index (χ1n) is 10.7. The van der Waals surface area contributed by atoms with E-state index in [0.29, 0.717) is 6.04 Å². The molecule has 1 aliphatic heterocycles. The van der Waals surface area contributed by atoms with Gasteiger partial charge in [0, 0.05) is 37.3 Å². The summed E-state index contributed by atoms with van der Waals surface area (Å²) in [5.41, 5.74) is 1.15. The largest absolute Gasteiger partial charge is 0.378 e. The average Bonchev–Trinajstić information content (AvgIpc) is 3.19. The number of ether oxygens (including phenoxy) is 1. The zero-order valence-electron chi connectivity index (χ0n) is 17.2. The molecule has 28 heavy (non-hydrogen) atoms. The number of unbranched alkanes of at least 4 members (excludes halogenated alkanes) is 1. The van der Waals surface area contributed by atoms with Crippen LogP contribution >= 0.6 is 0 Å². The van der Waals surface area contributed by atoms with Crippen molar-refractivity contribution in [1.29, 1.82) is 0 Å². The third-order valence-corrected chi connectivity index (χ3v) is 6.07. The first kappa shape index (κ1) is 21.1. The molecule has 1 saturated carbocycles. The van der Waals surface area contributed by atoms with Crippen LogP contribution in [0.15, 0.2) is 18.2 Å². The van der Waals surface area contributed by atoms with Crippen LogP contribution in [0, 0.1) is 11.7 Å². The molecule has 156 valence electrons. The molecule has 3 rings (SSSR count). The van der Waals surface area contributed by atoms with E-state index in [9.17, 15) is 9.18 Å². The maximum absolute atomic E-state index is 14.6. The number of carbonyl (C=O) groups excluding carboxylic acids is 1. The second-order valence-electron chi connectivity index (χ2n) is 8.07. The Labute approximate surface area is 168 Å². The molecule has 1 saturated heterocycles. The van der Waals surface area contributed by atoms with Gasteiger partial charge in [0.25, 0.3) is 0 Å². The molecule has 1 atom stereocenters. The van der Waals surface area contributed by atoms with Crippen LogP contribution in [0.25, 0.3) is 0 Å². The van der Waals surface area contributed by atoms with Crippen molar-refractivity contribution in [3.8, 4) is 0 Å². The molecule has 1 aliphatic carbocycles. The molecule has 1 aromatic rings. The highest BCUT2D eigenvalue weighted by molar-refractivity contribution is 5.92. The van der Waals surface area contributed by atoms with Gasteiger partial charge in [-0.05, 0) is 63.8 Å². The van der Waals surface area contributed by atoms with Gasteiger partial charge in [-0.25, -0.2) is 4.39 Å². The maximum Gasteiger partial charge on any atom is 0.227 e. The summed E-state index contributed by atoms with van der Waals surface area (Å²) in [4.78, 5) is 14.7. The van der Waals surface area contributed by atoms with Gasteiger partial charge < -0.3 is 20.3 Å². The molecule has 2 aliphatic rings. The summed E-state index contributed by atoms with van der Waals surface area (Å²) in [5, 5.41) is 6.07.